The van der Waals surface area contributed by atoms with Crippen molar-refractivity contribution >= 4 is 93.4 Å². The number of benzene rings is 4. The topological polar surface area (TPSA) is 216 Å². The van der Waals surface area contributed by atoms with Crippen molar-refractivity contribution in [3.63, 3.8) is 0 Å². The molecule has 6 heterocycles. The highest BCUT2D eigenvalue weighted by molar-refractivity contribution is 7.59. The molecule has 4 aromatic carbocycles. The molecule has 2 aliphatic rings. The maximum atomic E-state index is 12.6. The number of amides is 2. The van der Waals surface area contributed by atoms with Gasteiger partial charge >= 0.3 is 0 Å². The molecule has 0 spiro atoms. The molecular formula is C56H64ClF2N13O4S. The minimum absolute atomic E-state index is 0. The first-order valence-electron chi connectivity index (χ1n) is 24.4. The number of aromatic nitrogens is 6. The molecule has 17 nitrogen and oxygen atoms in total. The van der Waals surface area contributed by atoms with Gasteiger partial charge in [-0.15, -0.1) is 0 Å². The van der Waals surface area contributed by atoms with E-state index in [0.717, 1.165) is 67.9 Å². The van der Waals surface area contributed by atoms with Gasteiger partial charge in [0.1, 0.15) is 36.1 Å². The van der Waals surface area contributed by atoms with E-state index < -0.39 is 0 Å². The summed E-state index contributed by atoms with van der Waals surface area (Å²) < 4.78 is 36.6. The molecule has 4 aromatic heterocycles. The molecule has 2 aliphatic heterocycles. The third kappa shape index (κ3) is 17.0. The van der Waals surface area contributed by atoms with Crippen LogP contribution in [0.15, 0.2) is 147 Å². The van der Waals surface area contributed by atoms with Gasteiger partial charge in [0.2, 0.25) is 34.8 Å². The van der Waals surface area contributed by atoms with Crippen LogP contribution in [-0.4, -0.2) is 110 Å². The number of H-pyrrole nitrogens is 2. The smallest absolute Gasteiger partial charge is 0.247 e. The summed E-state index contributed by atoms with van der Waals surface area (Å²) in [7, 11) is 0. The van der Waals surface area contributed by atoms with E-state index in [2.05, 4.69) is 86.3 Å². The summed E-state index contributed by atoms with van der Waals surface area (Å²) in [5, 5.41) is 13.6. The number of nitrogens with one attached hydrogen (secondary N) is 6. The number of nitrogens with zero attached hydrogens (tertiary/aromatic N) is 6. The molecule has 2 fully saturated rings. The summed E-state index contributed by atoms with van der Waals surface area (Å²) in [5.74, 6) is 2.12. The highest BCUT2D eigenvalue weighted by Crippen LogP contribution is 2.32. The van der Waals surface area contributed by atoms with Gasteiger partial charge in [0.25, 0.3) is 0 Å². The monoisotopic (exact) mass is 1090 g/mol. The van der Waals surface area contributed by atoms with Gasteiger partial charge in [-0.2, -0.15) is 33.4 Å². The highest BCUT2D eigenvalue weighted by Gasteiger charge is 2.23. The maximum Gasteiger partial charge on any atom is 0.247 e. The molecule has 0 aliphatic carbocycles. The minimum Gasteiger partial charge on any atom is -0.438 e. The van der Waals surface area contributed by atoms with Crippen molar-refractivity contribution < 1.29 is 27.8 Å². The molecule has 2 atom stereocenters. The van der Waals surface area contributed by atoms with E-state index in [9.17, 15) is 18.4 Å². The van der Waals surface area contributed by atoms with Crippen molar-refractivity contribution in [1.82, 2.24) is 39.7 Å². The van der Waals surface area contributed by atoms with Crippen LogP contribution < -0.4 is 36.5 Å². The fourth-order valence-corrected chi connectivity index (χ4v) is 8.73. The van der Waals surface area contributed by atoms with E-state index in [0.29, 0.717) is 82.3 Å². The predicted octanol–water partition coefficient (Wildman–Crippen LogP) is 11.5. The molecule has 77 heavy (non-hydrogen) atoms. The Morgan fingerprint density at radius 1 is 0.701 bits per heavy atom. The largest absolute Gasteiger partial charge is 0.438 e. The van der Waals surface area contributed by atoms with Crippen molar-refractivity contribution in [2.24, 2.45) is 5.92 Å². The van der Waals surface area contributed by atoms with E-state index in [1.54, 1.807) is 67.0 Å². The van der Waals surface area contributed by atoms with Crippen molar-refractivity contribution in [2.45, 2.75) is 32.7 Å². The zero-order chi connectivity index (χ0) is 52.5. The summed E-state index contributed by atoms with van der Waals surface area (Å²) in [6, 6.07) is 34.0. The Morgan fingerprint density at radius 2 is 1.25 bits per heavy atom. The number of carbonyl (C=O) groups excluding carboxylic acids is 2. The molecule has 0 radical (unpaired) electrons. The van der Waals surface area contributed by atoms with Crippen LogP contribution in [-0.2, 0) is 16.0 Å². The predicted molar refractivity (Wildman–Crippen MR) is 310 cm³/mol. The molecule has 2 saturated heterocycles. The van der Waals surface area contributed by atoms with Crippen LogP contribution in [0.4, 0.5) is 43.2 Å². The van der Waals surface area contributed by atoms with Gasteiger partial charge in [-0.05, 0) is 134 Å². The fraction of sp³-hybridized carbons (Fsp3) is 0.250. The standard InChI is InChI=1S/C28H29FN6O2.C15H11ClN4O2.C12H18FN3.CH4.H2S/c1-2-25(36)31-22-4-3-5-23(17-22)37-27-24-10-13-30-26(24)33-28(34-27)32-21-8-6-19(7-9-21)16-20-11-14-35(18-20)15-12-29;1-2-12(21)18-9-4-3-5-10(8-9)22-14-11-6-7-17-13(11)19-15(16)20-14;13-6-8-16-7-5-12(9-16)15-11-3-1-10(14)2-4-11;;/h2-10,13,17,20H,1,11-12,14-16,18H2,(H,31,36)(H2,30,32,33,34);2-8H,1H2,(H,18,21)(H,17,19,20);1-4,12,15H,5-9,14H2;1H4;1H2/t;;12-;;/m..0../s1. The Kier molecular flexibility index (Phi) is 21.7. The summed E-state index contributed by atoms with van der Waals surface area (Å²) in [4.78, 5) is 50.7. The van der Waals surface area contributed by atoms with Gasteiger partial charge in [0.15, 0.2) is 0 Å². The SMILES string of the molecule is C.C=CC(=O)Nc1cccc(Oc2nc(Cl)nc3[nH]ccc23)c1.C=CC(=O)Nc1cccc(Oc2nc(Nc3ccc(CC4CCN(CCF)C4)cc3)nc3[nH]ccc23)c1.Nc1ccc(N[C@H]2CCN(CCF)C2)cc1.S. The summed E-state index contributed by atoms with van der Waals surface area (Å²) in [6.07, 6.45) is 9.08. The van der Waals surface area contributed by atoms with Crippen LogP contribution in [0.5, 0.6) is 23.3 Å². The lowest BCUT2D eigenvalue weighted by atomic mass is 9.98. The lowest BCUT2D eigenvalue weighted by molar-refractivity contribution is -0.112. The molecule has 0 bridgehead atoms. The normalized spacial score (nSPS) is 14.8. The molecule has 10 rings (SSSR count). The number of fused-ring (bicyclic) bond motifs is 2. The first kappa shape index (κ1) is 58.2. The number of carbonyl (C=O) groups is 2. The van der Waals surface area contributed by atoms with Gasteiger partial charge < -0.3 is 51.3 Å². The maximum absolute atomic E-state index is 12.6. The average Bonchev–Trinajstić information content (AvgIpc) is 4.26. The Morgan fingerprint density at radius 3 is 1.83 bits per heavy atom. The number of hydrogen-bond donors (Lipinski definition) is 7. The molecule has 21 heteroatoms. The Balaban J connectivity index is 0.000000204. The number of ether oxygens (including phenoxy) is 2. The summed E-state index contributed by atoms with van der Waals surface area (Å²) in [5.41, 5.74) is 12.0. The Hall–Kier alpha value is -8.04. The van der Waals surface area contributed by atoms with E-state index in [-0.39, 0.29) is 51.4 Å². The van der Waals surface area contributed by atoms with Crippen LogP contribution in [0.2, 0.25) is 5.28 Å². The second-order valence-corrected chi connectivity index (χ2v) is 18.0. The van der Waals surface area contributed by atoms with Gasteiger partial charge in [-0.25, -0.2) is 8.78 Å². The minimum atomic E-state index is -0.299. The van der Waals surface area contributed by atoms with Crippen LogP contribution in [0, 0.1) is 5.92 Å². The van der Waals surface area contributed by atoms with Gasteiger partial charge in [-0.3, -0.25) is 14.5 Å². The van der Waals surface area contributed by atoms with Crippen molar-refractivity contribution in [1.29, 1.82) is 0 Å². The molecule has 0 saturated carbocycles. The number of hydrogen-bond acceptors (Lipinski definition) is 13. The highest BCUT2D eigenvalue weighted by atomic mass is 35.5. The van der Waals surface area contributed by atoms with Crippen LogP contribution in [0.3, 0.4) is 0 Å². The first-order chi connectivity index (χ1) is 36.5. The zero-order valence-corrected chi connectivity index (χ0v) is 43.3. The van der Waals surface area contributed by atoms with Crippen molar-refractivity contribution in [3.05, 3.63) is 158 Å². The van der Waals surface area contributed by atoms with Crippen molar-refractivity contribution in [3.8, 4) is 23.3 Å². The quantitative estimate of drug-likeness (QED) is 0.0242. The van der Waals surface area contributed by atoms with Gasteiger partial charge in [0, 0.05) is 91.7 Å². The number of nitrogen functional groups attached to an aromatic ring is 1. The van der Waals surface area contributed by atoms with Crippen LogP contribution >= 0.6 is 25.1 Å². The second kappa shape index (κ2) is 28.7. The van der Waals surface area contributed by atoms with Crippen LogP contribution in [0.1, 0.15) is 25.8 Å². The number of halogens is 3. The average molecular weight is 1090 g/mol. The molecule has 404 valence electrons. The van der Waals surface area contributed by atoms with Crippen LogP contribution in [0.25, 0.3) is 22.1 Å². The van der Waals surface area contributed by atoms with E-state index in [4.69, 9.17) is 26.8 Å². The van der Waals surface area contributed by atoms with E-state index in [1.165, 1.54) is 17.7 Å². The number of rotatable bonds is 18. The lowest BCUT2D eigenvalue weighted by Gasteiger charge is -2.16. The molecule has 1 unspecified atom stereocenters. The summed E-state index contributed by atoms with van der Waals surface area (Å²) in [6.45, 7) is 11.3. The lowest BCUT2D eigenvalue weighted by Crippen LogP contribution is -2.27. The molecule has 8 N–H and O–H groups in total. The van der Waals surface area contributed by atoms with E-state index >= 15 is 0 Å². The first-order valence-corrected chi connectivity index (χ1v) is 24.7. The summed E-state index contributed by atoms with van der Waals surface area (Å²) >= 11 is 5.88. The fourth-order valence-electron chi connectivity index (χ4n) is 8.57. The van der Waals surface area contributed by atoms with E-state index in [1.807, 2.05) is 42.5 Å². The second-order valence-electron chi connectivity index (χ2n) is 17.7. The number of nitrogens with two attached hydrogens (primary N) is 1. The Bertz CT molecular complexity index is 3200. The third-order valence-electron chi connectivity index (χ3n) is 12.2. The zero-order valence-electron chi connectivity index (χ0n) is 41.6. The number of likely N-dealkylation sites (tertiary alicyclic amines) is 2. The number of anilines is 6. The molecule has 8 aromatic rings. The van der Waals surface area contributed by atoms with Gasteiger partial charge in [-0.1, -0.05) is 44.8 Å². The van der Waals surface area contributed by atoms with Gasteiger partial charge in [0.05, 0.1) is 10.8 Å². The number of alkyl halides is 2. The number of aromatic amines is 2. The molecular weight excluding hydrogens is 1020 g/mol. The van der Waals surface area contributed by atoms with Crippen molar-refractivity contribution in [2.75, 3.05) is 79.6 Å². The molecule has 2 amide bonds. The Labute approximate surface area is 458 Å². The third-order valence-corrected chi connectivity index (χ3v) is 12.4.